The van der Waals surface area contributed by atoms with E-state index in [9.17, 15) is 62.9 Å². The maximum Gasteiger partial charge on any atom is 0.416 e. The van der Waals surface area contributed by atoms with E-state index in [-0.39, 0.29) is 45.9 Å². The van der Waals surface area contributed by atoms with Gasteiger partial charge in [-0.05, 0) is 133 Å². The van der Waals surface area contributed by atoms with Crippen LogP contribution in [0.3, 0.4) is 0 Å². The molecule has 0 saturated carbocycles. The van der Waals surface area contributed by atoms with Crippen LogP contribution in [0.1, 0.15) is 105 Å². The number of aryl methyl sites for hydroxylation is 2. The Morgan fingerprint density at radius 1 is 0.446 bits per heavy atom. The third kappa shape index (κ3) is 7.91. The van der Waals surface area contributed by atoms with E-state index in [1.165, 1.54) is 26.4 Å². The molecule has 56 heavy (non-hydrogen) atoms. The highest BCUT2D eigenvalue weighted by Gasteiger charge is 2.41. The lowest BCUT2D eigenvalue weighted by atomic mass is 9.77. The molecule has 4 nitrogen and oxygen atoms in total. The molecular weight excluding hydrogens is 772 g/mol. The van der Waals surface area contributed by atoms with E-state index in [1.54, 1.807) is 0 Å². The van der Waals surface area contributed by atoms with Crippen LogP contribution in [0.15, 0.2) is 48.5 Å². The first-order valence-corrected chi connectivity index (χ1v) is 17.4. The zero-order valence-corrected chi connectivity index (χ0v) is 29.7. The van der Waals surface area contributed by atoms with Gasteiger partial charge in [-0.25, -0.2) is 0 Å². The van der Waals surface area contributed by atoms with Gasteiger partial charge in [-0.1, -0.05) is 0 Å². The lowest BCUT2D eigenvalue weighted by Crippen LogP contribution is -2.17. The van der Waals surface area contributed by atoms with Crippen molar-refractivity contribution in [1.82, 2.24) is 0 Å². The van der Waals surface area contributed by atoms with E-state index in [4.69, 9.17) is 9.47 Å². The zero-order valence-electron chi connectivity index (χ0n) is 29.7. The van der Waals surface area contributed by atoms with E-state index in [2.05, 4.69) is 0 Å². The number of benzene rings is 4. The van der Waals surface area contributed by atoms with Crippen molar-refractivity contribution in [3.05, 3.63) is 115 Å². The highest BCUT2D eigenvalue weighted by atomic mass is 19.4. The maximum atomic E-state index is 13.9. The number of halogens is 12. The molecule has 2 N–H and O–H groups in total. The van der Waals surface area contributed by atoms with E-state index in [1.807, 2.05) is 0 Å². The molecule has 6 rings (SSSR count). The molecule has 4 aromatic carbocycles. The normalized spacial score (nSPS) is 16.2. The smallest absolute Gasteiger partial charge is 0.416 e. The molecule has 0 amide bonds. The average Bonchev–Trinajstić information content (AvgIpc) is 3.14. The second-order valence-corrected chi connectivity index (χ2v) is 13.9. The first-order chi connectivity index (χ1) is 26.0. The van der Waals surface area contributed by atoms with Crippen LogP contribution in [0.4, 0.5) is 52.7 Å². The molecule has 0 spiro atoms. The van der Waals surface area contributed by atoms with Gasteiger partial charge >= 0.3 is 24.7 Å². The number of rotatable bonds is 7. The standard InChI is InChI=1S/C40H34F12O4/c1-55-35-29(33(53)21-11-23(37(41,42)43)17-24(12-21)38(44,45)46)15-19-7-3-5-9-27(19)31(35)32-28-10-6-4-8-20(28)16-30(36(32)56-2)34(54)22-13-25(39(47,48)49)18-26(14-22)40(50,51)52/h11-18,33-34,53-54H,3-10H2,1-2H3/t33-,34?/m1/s1. The van der Waals surface area contributed by atoms with Gasteiger partial charge in [-0.3, -0.25) is 0 Å². The second kappa shape index (κ2) is 14.8. The molecule has 1 unspecified atom stereocenters. The fourth-order valence-electron chi connectivity index (χ4n) is 7.82. The van der Waals surface area contributed by atoms with Crippen LogP contribution in [0.5, 0.6) is 11.5 Å². The molecular formula is C40H34F12O4. The van der Waals surface area contributed by atoms with Crippen LogP contribution in [0, 0.1) is 0 Å². The molecule has 0 fully saturated rings. The summed E-state index contributed by atoms with van der Waals surface area (Å²) in [7, 11) is 2.35. The number of aliphatic hydroxyl groups is 2. The Kier molecular flexibility index (Phi) is 10.9. The van der Waals surface area contributed by atoms with Gasteiger partial charge in [-0.2, -0.15) is 52.7 Å². The number of hydrogen-bond donors (Lipinski definition) is 2. The first kappa shape index (κ1) is 41.2. The summed E-state index contributed by atoms with van der Waals surface area (Å²) in [5.74, 6) is -0.305. The minimum atomic E-state index is -5.21. The topological polar surface area (TPSA) is 58.9 Å². The van der Waals surface area contributed by atoms with Gasteiger partial charge in [0.05, 0.1) is 36.5 Å². The minimum Gasteiger partial charge on any atom is -0.496 e. The minimum absolute atomic E-state index is 0.0677. The van der Waals surface area contributed by atoms with Crippen molar-refractivity contribution in [3.8, 4) is 22.6 Å². The van der Waals surface area contributed by atoms with Crippen LogP contribution in [0.2, 0.25) is 0 Å². The van der Waals surface area contributed by atoms with Crippen molar-refractivity contribution < 1.29 is 72.4 Å². The van der Waals surface area contributed by atoms with Crippen LogP contribution in [-0.4, -0.2) is 24.4 Å². The molecule has 4 aromatic rings. The van der Waals surface area contributed by atoms with Crippen LogP contribution >= 0.6 is 0 Å². The van der Waals surface area contributed by atoms with Crippen LogP contribution in [0.25, 0.3) is 11.1 Å². The molecule has 2 atom stereocenters. The Morgan fingerprint density at radius 2 is 0.732 bits per heavy atom. The SMILES string of the molecule is COc1c(C(O)c2cc(C(F)(F)F)cc(C(F)(F)F)c2)cc2c(c1-c1c3c(cc([C@H](O)c4cc(C(F)(F)F)cc(C(F)(F)F)c4)c1OC)CCCC3)CCCC2. The van der Waals surface area contributed by atoms with Gasteiger partial charge in [0.15, 0.2) is 0 Å². The van der Waals surface area contributed by atoms with Crippen molar-refractivity contribution in [3.63, 3.8) is 0 Å². The van der Waals surface area contributed by atoms with Crippen molar-refractivity contribution in [2.75, 3.05) is 14.2 Å². The molecule has 0 saturated heterocycles. The second-order valence-electron chi connectivity index (χ2n) is 13.9. The van der Waals surface area contributed by atoms with Gasteiger partial charge in [-0.15, -0.1) is 0 Å². The van der Waals surface area contributed by atoms with Crippen LogP contribution < -0.4 is 9.47 Å². The van der Waals surface area contributed by atoms with Gasteiger partial charge < -0.3 is 19.7 Å². The predicted molar refractivity (Wildman–Crippen MR) is 179 cm³/mol. The highest BCUT2D eigenvalue weighted by Crippen LogP contribution is 2.53. The molecule has 302 valence electrons. The van der Waals surface area contributed by atoms with Crippen molar-refractivity contribution >= 4 is 0 Å². The van der Waals surface area contributed by atoms with Gasteiger partial charge in [0.1, 0.15) is 23.7 Å². The zero-order chi connectivity index (χ0) is 41.1. The third-order valence-corrected chi connectivity index (χ3v) is 10.4. The Morgan fingerprint density at radius 3 is 1.00 bits per heavy atom. The molecule has 0 aliphatic heterocycles. The number of methoxy groups -OCH3 is 2. The van der Waals surface area contributed by atoms with Gasteiger partial charge in [0.2, 0.25) is 0 Å². The molecule has 0 heterocycles. The van der Waals surface area contributed by atoms with Crippen molar-refractivity contribution in [2.24, 2.45) is 0 Å². The summed E-state index contributed by atoms with van der Waals surface area (Å²) in [5.41, 5.74) is -5.62. The molecule has 16 heteroatoms. The number of fused-ring (bicyclic) bond motifs is 2. The van der Waals surface area contributed by atoms with Crippen LogP contribution in [-0.2, 0) is 50.4 Å². The Balaban J connectivity index is 1.65. The van der Waals surface area contributed by atoms with Gasteiger partial charge in [0, 0.05) is 22.3 Å². The summed E-state index contributed by atoms with van der Waals surface area (Å²) in [6.45, 7) is 0. The fourth-order valence-corrected chi connectivity index (χ4v) is 7.82. The van der Waals surface area contributed by atoms with Gasteiger partial charge in [0.25, 0.3) is 0 Å². The van der Waals surface area contributed by atoms with E-state index in [0.717, 1.165) is 0 Å². The number of aliphatic hydroxyl groups excluding tert-OH is 2. The van der Waals surface area contributed by atoms with E-state index in [0.29, 0.717) is 97.9 Å². The number of alkyl halides is 12. The van der Waals surface area contributed by atoms with Crippen molar-refractivity contribution in [1.29, 1.82) is 0 Å². The Bertz CT molecular complexity index is 1920. The summed E-state index contributed by atoms with van der Waals surface area (Å²) in [6, 6.07) is 4.39. The summed E-state index contributed by atoms with van der Waals surface area (Å²) >= 11 is 0. The molecule has 0 aromatic heterocycles. The number of ether oxygens (including phenoxy) is 2. The summed E-state index contributed by atoms with van der Waals surface area (Å²) in [6.07, 6.45) is -21.0. The Hall–Kier alpha value is -4.44. The monoisotopic (exact) mass is 806 g/mol. The average molecular weight is 807 g/mol. The van der Waals surface area contributed by atoms with E-state index >= 15 is 0 Å². The lowest BCUT2D eigenvalue weighted by molar-refractivity contribution is -0.144. The fraction of sp³-hybridized carbons (Fsp3) is 0.400. The lowest BCUT2D eigenvalue weighted by Gasteiger charge is -2.31. The van der Waals surface area contributed by atoms with E-state index < -0.39 is 70.3 Å². The third-order valence-electron chi connectivity index (χ3n) is 10.4. The Labute approximate surface area is 312 Å². The summed E-state index contributed by atoms with van der Waals surface area (Å²) in [4.78, 5) is 0. The molecule has 0 radical (unpaired) electrons. The molecule has 2 aliphatic carbocycles. The predicted octanol–water partition coefficient (Wildman–Crippen LogP) is 11.4. The maximum absolute atomic E-state index is 13.9. The largest absolute Gasteiger partial charge is 0.496 e. The molecule has 2 aliphatic rings. The first-order valence-electron chi connectivity index (χ1n) is 17.4. The summed E-state index contributed by atoms with van der Waals surface area (Å²) < 4.78 is 178. The quantitative estimate of drug-likeness (QED) is 0.183. The highest BCUT2D eigenvalue weighted by molar-refractivity contribution is 5.86. The number of hydrogen-bond acceptors (Lipinski definition) is 4. The van der Waals surface area contributed by atoms with Crippen molar-refractivity contribution in [2.45, 2.75) is 88.3 Å². The molecule has 0 bridgehead atoms. The summed E-state index contributed by atoms with van der Waals surface area (Å²) in [5, 5.41) is 23.5.